The summed E-state index contributed by atoms with van der Waals surface area (Å²) in [5.74, 6) is -0.251. The number of rotatable bonds is 3. The summed E-state index contributed by atoms with van der Waals surface area (Å²) < 4.78 is 5.82. The van der Waals surface area contributed by atoms with Crippen molar-refractivity contribution in [2.24, 2.45) is 0 Å². The molecule has 0 spiro atoms. The van der Waals surface area contributed by atoms with E-state index in [4.69, 9.17) is 4.74 Å². The molecule has 26 heavy (non-hydrogen) atoms. The van der Waals surface area contributed by atoms with Gasteiger partial charge in [0.15, 0.2) is 0 Å². The van der Waals surface area contributed by atoms with Gasteiger partial charge in [0, 0.05) is 24.7 Å². The van der Waals surface area contributed by atoms with Crippen LogP contribution in [0.15, 0.2) is 35.8 Å². The molecule has 0 radical (unpaired) electrons. The highest BCUT2D eigenvalue weighted by molar-refractivity contribution is 7.09. The zero-order valence-electron chi connectivity index (χ0n) is 14.4. The number of benzene rings is 1. The number of amides is 2. The molecule has 2 amide bonds. The highest BCUT2D eigenvalue weighted by atomic mass is 32.1. The summed E-state index contributed by atoms with van der Waals surface area (Å²) in [6, 6.07) is 7.04. The van der Waals surface area contributed by atoms with Crippen molar-refractivity contribution in [1.82, 2.24) is 9.88 Å². The zero-order chi connectivity index (χ0) is 18.1. The van der Waals surface area contributed by atoms with Crippen LogP contribution in [0.3, 0.4) is 0 Å². The lowest BCUT2D eigenvalue weighted by Crippen LogP contribution is -2.54. The van der Waals surface area contributed by atoms with Crippen molar-refractivity contribution in [1.29, 1.82) is 0 Å². The standard InChI is InChI=1S/C18H20N4O3S/c1-12(21-7-8-25-15(10-21)17-19-6-9-26-17)18(24)22-11-16(23)20-13-4-2-3-5-14(13)22/h2-6,9,12,15H,7-8,10-11H2,1H3,(H,20,23). The number of hydrogen-bond donors (Lipinski definition) is 1. The normalized spacial score (nSPS) is 21.8. The lowest BCUT2D eigenvalue weighted by molar-refractivity contribution is -0.128. The summed E-state index contributed by atoms with van der Waals surface area (Å²) in [7, 11) is 0. The number of carbonyl (C=O) groups excluding carboxylic acids is 2. The first-order valence-corrected chi connectivity index (χ1v) is 9.47. The van der Waals surface area contributed by atoms with Crippen molar-refractivity contribution in [2.75, 3.05) is 36.5 Å². The van der Waals surface area contributed by atoms with Crippen LogP contribution in [0.5, 0.6) is 0 Å². The van der Waals surface area contributed by atoms with Crippen LogP contribution in [-0.4, -0.2) is 54.0 Å². The predicted molar refractivity (Wildman–Crippen MR) is 99.3 cm³/mol. The summed E-state index contributed by atoms with van der Waals surface area (Å²) in [6.45, 7) is 3.78. The fourth-order valence-electron chi connectivity index (χ4n) is 3.38. The van der Waals surface area contributed by atoms with E-state index >= 15 is 0 Å². The van der Waals surface area contributed by atoms with Gasteiger partial charge >= 0.3 is 0 Å². The second-order valence-corrected chi connectivity index (χ2v) is 7.32. The zero-order valence-corrected chi connectivity index (χ0v) is 15.2. The molecule has 2 aromatic rings. The van der Waals surface area contributed by atoms with Gasteiger partial charge in [-0.1, -0.05) is 12.1 Å². The predicted octanol–water partition coefficient (Wildman–Crippen LogP) is 1.89. The summed E-state index contributed by atoms with van der Waals surface area (Å²) in [4.78, 5) is 33.2. The third-order valence-corrected chi connectivity index (χ3v) is 5.63. The Morgan fingerprint density at radius 2 is 2.27 bits per heavy atom. The Kier molecular flexibility index (Phi) is 4.71. The minimum atomic E-state index is -0.347. The van der Waals surface area contributed by atoms with E-state index in [1.165, 1.54) is 0 Å². The molecule has 1 fully saturated rings. The van der Waals surface area contributed by atoms with Crippen LogP contribution in [0.25, 0.3) is 0 Å². The molecule has 1 aromatic heterocycles. The number of carbonyl (C=O) groups is 2. The Morgan fingerprint density at radius 1 is 1.42 bits per heavy atom. The average molecular weight is 372 g/mol. The number of hydrogen-bond acceptors (Lipinski definition) is 6. The van der Waals surface area contributed by atoms with Crippen molar-refractivity contribution in [3.63, 3.8) is 0 Å². The van der Waals surface area contributed by atoms with Crippen molar-refractivity contribution in [2.45, 2.75) is 19.1 Å². The molecule has 2 aliphatic heterocycles. The van der Waals surface area contributed by atoms with Gasteiger partial charge in [0.2, 0.25) is 11.8 Å². The van der Waals surface area contributed by atoms with Crippen LogP contribution in [0.1, 0.15) is 18.0 Å². The number of nitrogens with zero attached hydrogens (tertiary/aromatic N) is 3. The second kappa shape index (κ2) is 7.14. The molecule has 1 aromatic carbocycles. The number of aromatic nitrogens is 1. The molecule has 2 atom stereocenters. The molecule has 2 unspecified atom stereocenters. The first-order chi connectivity index (χ1) is 12.6. The van der Waals surface area contributed by atoms with Crippen LogP contribution < -0.4 is 10.2 Å². The minimum absolute atomic E-state index is 0.0421. The topological polar surface area (TPSA) is 74.8 Å². The summed E-state index contributed by atoms with van der Waals surface area (Å²) in [5, 5.41) is 5.67. The third-order valence-electron chi connectivity index (χ3n) is 4.77. The molecule has 0 saturated carbocycles. The molecular weight excluding hydrogens is 352 g/mol. The quantitative estimate of drug-likeness (QED) is 0.891. The molecule has 136 valence electrons. The highest BCUT2D eigenvalue weighted by Crippen LogP contribution is 2.31. The molecule has 1 N–H and O–H groups in total. The van der Waals surface area contributed by atoms with Crippen LogP contribution in [0.4, 0.5) is 11.4 Å². The van der Waals surface area contributed by atoms with E-state index in [1.807, 2.05) is 36.6 Å². The molecule has 3 heterocycles. The number of morpholine rings is 1. The van der Waals surface area contributed by atoms with Crippen LogP contribution in [-0.2, 0) is 14.3 Å². The Bertz CT molecular complexity index is 811. The first-order valence-electron chi connectivity index (χ1n) is 8.59. The Morgan fingerprint density at radius 3 is 3.08 bits per heavy atom. The van der Waals surface area contributed by atoms with Gasteiger partial charge in [-0.3, -0.25) is 19.4 Å². The lowest BCUT2D eigenvalue weighted by Gasteiger charge is -2.38. The number of thiazole rings is 1. The fraction of sp³-hybridized carbons (Fsp3) is 0.389. The number of anilines is 2. The monoisotopic (exact) mass is 372 g/mol. The van der Waals surface area contributed by atoms with Gasteiger partial charge in [-0.15, -0.1) is 11.3 Å². The third kappa shape index (κ3) is 3.23. The first kappa shape index (κ1) is 17.1. The van der Waals surface area contributed by atoms with Crippen LogP contribution in [0.2, 0.25) is 0 Å². The van der Waals surface area contributed by atoms with E-state index in [0.29, 0.717) is 25.4 Å². The molecular formula is C18H20N4O3S. The minimum Gasteiger partial charge on any atom is -0.368 e. The van der Waals surface area contributed by atoms with Gasteiger partial charge in [-0.2, -0.15) is 0 Å². The largest absolute Gasteiger partial charge is 0.368 e. The molecule has 7 nitrogen and oxygen atoms in total. The molecule has 8 heteroatoms. The second-order valence-electron chi connectivity index (χ2n) is 6.39. The number of para-hydroxylation sites is 2. The van der Waals surface area contributed by atoms with Crippen LogP contribution >= 0.6 is 11.3 Å². The van der Waals surface area contributed by atoms with Crippen molar-refractivity contribution in [3.8, 4) is 0 Å². The molecule has 0 aliphatic carbocycles. The maximum absolute atomic E-state index is 13.1. The highest BCUT2D eigenvalue weighted by Gasteiger charge is 2.35. The van der Waals surface area contributed by atoms with Crippen molar-refractivity contribution < 1.29 is 14.3 Å². The maximum atomic E-state index is 13.1. The van der Waals surface area contributed by atoms with E-state index in [2.05, 4.69) is 15.2 Å². The Labute approximate surface area is 155 Å². The van der Waals surface area contributed by atoms with E-state index in [1.54, 1.807) is 22.4 Å². The summed E-state index contributed by atoms with van der Waals surface area (Å²) >= 11 is 1.56. The van der Waals surface area contributed by atoms with Gasteiger partial charge < -0.3 is 10.1 Å². The van der Waals surface area contributed by atoms with Gasteiger partial charge in [-0.25, -0.2) is 4.98 Å². The summed E-state index contributed by atoms with van der Waals surface area (Å²) in [5.41, 5.74) is 1.42. The van der Waals surface area contributed by atoms with E-state index < -0.39 is 0 Å². The summed E-state index contributed by atoms with van der Waals surface area (Å²) in [6.07, 6.45) is 1.65. The van der Waals surface area contributed by atoms with Gasteiger partial charge in [0.25, 0.3) is 0 Å². The average Bonchev–Trinajstić information content (AvgIpc) is 3.21. The molecule has 0 bridgehead atoms. The van der Waals surface area contributed by atoms with Crippen molar-refractivity contribution in [3.05, 3.63) is 40.8 Å². The molecule has 4 rings (SSSR count). The smallest absolute Gasteiger partial charge is 0.244 e. The Balaban J connectivity index is 1.52. The maximum Gasteiger partial charge on any atom is 0.244 e. The number of fused-ring (bicyclic) bond motifs is 1. The van der Waals surface area contributed by atoms with Crippen molar-refractivity contribution >= 4 is 34.5 Å². The SMILES string of the molecule is CC(C(=O)N1CC(=O)Nc2ccccc21)N1CCOC(c2nccs2)C1. The van der Waals surface area contributed by atoms with Crippen LogP contribution in [0, 0.1) is 0 Å². The molecule has 2 aliphatic rings. The molecule has 1 saturated heterocycles. The Hall–Kier alpha value is -2.29. The lowest BCUT2D eigenvalue weighted by atomic mass is 10.1. The van der Waals surface area contributed by atoms with E-state index in [9.17, 15) is 9.59 Å². The van der Waals surface area contributed by atoms with E-state index in [0.717, 1.165) is 10.7 Å². The van der Waals surface area contributed by atoms with Gasteiger partial charge in [-0.05, 0) is 19.1 Å². The van der Waals surface area contributed by atoms with Gasteiger partial charge in [0.05, 0.1) is 24.0 Å². The number of ether oxygens (including phenoxy) is 1. The number of nitrogens with one attached hydrogen (secondary N) is 1. The van der Waals surface area contributed by atoms with E-state index in [-0.39, 0.29) is 30.5 Å². The fourth-order valence-corrected chi connectivity index (χ4v) is 4.05. The van der Waals surface area contributed by atoms with Gasteiger partial charge in [0.1, 0.15) is 17.7 Å².